The average molecular weight is 524 g/mol. The van der Waals surface area contributed by atoms with Crippen molar-refractivity contribution < 1.29 is 14.0 Å². The van der Waals surface area contributed by atoms with Gasteiger partial charge in [0.1, 0.15) is 5.82 Å². The Kier molecular flexibility index (Phi) is 11.7. The van der Waals surface area contributed by atoms with E-state index in [9.17, 15) is 14.0 Å². The fraction of sp³-hybridized carbons (Fsp3) is 0.500. The minimum atomic E-state index is -0.205. The van der Waals surface area contributed by atoms with Crippen LogP contribution in [0.2, 0.25) is 0 Å². The fourth-order valence-electron chi connectivity index (χ4n) is 5.16. The third-order valence-electron chi connectivity index (χ3n) is 7.21. The summed E-state index contributed by atoms with van der Waals surface area (Å²) in [6.07, 6.45) is 6.16. The summed E-state index contributed by atoms with van der Waals surface area (Å²) in [6.45, 7) is 6.17. The van der Waals surface area contributed by atoms with Gasteiger partial charge in [0, 0.05) is 44.6 Å². The summed E-state index contributed by atoms with van der Waals surface area (Å²) >= 11 is 0. The van der Waals surface area contributed by atoms with Crippen LogP contribution in [-0.4, -0.2) is 41.1 Å². The highest BCUT2D eigenvalue weighted by Gasteiger charge is 2.23. The van der Waals surface area contributed by atoms with Gasteiger partial charge in [0.2, 0.25) is 5.91 Å². The van der Waals surface area contributed by atoms with E-state index in [0.717, 1.165) is 76.0 Å². The van der Waals surface area contributed by atoms with Crippen molar-refractivity contribution in [3.05, 3.63) is 70.5 Å². The van der Waals surface area contributed by atoms with Crippen molar-refractivity contribution in [3.63, 3.8) is 0 Å². The van der Waals surface area contributed by atoms with Gasteiger partial charge >= 0.3 is 0 Å². The molecule has 0 spiro atoms. The summed E-state index contributed by atoms with van der Waals surface area (Å²) in [7, 11) is 0. The van der Waals surface area contributed by atoms with Crippen molar-refractivity contribution in [3.8, 4) is 0 Å². The van der Waals surface area contributed by atoms with Crippen LogP contribution in [0.4, 0.5) is 4.39 Å². The number of nitrogens with zero attached hydrogens (tertiary/aromatic N) is 2. The second-order valence-corrected chi connectivity index (χ2v) is 9.56. The van der Waals surface area contributed by atoms with E-state index in [1.807, 2.05) is 30.0 Å². The van der Waals surface area contributed by atoms with Gasteiger partial charge in [-0.15, -0.1) is 24.8 Å². The molecule has 1 amide bonds. The Balaban J connectivity index is 0.00000216. The first-order valence-corrected chi connectivity index (χ1v) is 12.4. The van der Waals surface area contributed by atoms with E-state index < -0.39 is 0 Å². The molecule has 2 aliphatic rings. The zero-order valence-electron chi connectivity index (χ0n) is 20.5. The summed E-state index contributed by atoms with van der Waals surface area (Å²) in [5.74, 6) is 0.784. The quantitative estimate of drug-likeness (QED) is 0.404. The number of ketones is 1. The monoisotopic (exact) mass is 522 g/mol. The Hall–Kier alpha value is -1.95. The predicted octanol–water partition coefficient (Wildman–Crippen LogP) is 6.23. The van der Waals surface area contributed by atoms with Gasteiger partial charge in [0.05, 0.1) is 0 Å². The largest absolute Gasteiger partial charge is 0.343 e. The number of Topliss-reactive ketones (excluding diaryl/α,β-unsaturated/α-hetero) is 1. The molecular weight excluding hydrogens is 486 g/mol. The average Bonchev–Trinajstić information content (AvgIpc) is 3.04. The van der Waals surface area contributed by atoms with E-state index in [-0.39, 0.29) is 42.3 Å². The SMILES string of the molecule is CCC(=O)N1CCC(CCC(=O)c2ccc3c(c2)CN(Cc2ccc(F)cc2)CCC3)CC1.Cl.Cl. The molecule has 4 rings (SSSR count). The first-order chi connectivity index (χ1) is 16.0. The van der Waals surface area contributed by atoms with Crippen LogP contribution in [0.25, 0.3) is 0 Å². The van der Waals surface area contributed by atoms with Crippen LogP contribution < -0.4 is 0 Å². The highest BCUT2D eigenvalue weighted by Crippen LogP contribution is 2.25. The number of hydrogen-bond donors (Lipinski definition) is 0. The number of amides is 1. The number of benzene rings is 2. The molecule has 2 aliphatic heterocycles. The lowest BCUT2D eigenvalue weighted by atomic mass is 9.89. The highest BCUT2D eigenvalue weighted by atomic mass is 35.5. The minimum absolute atomic E-state index is 0. The molecule has 0 saturated carbocycles. The molecule has 0 radical (unpaired) electrons. The second kappa shape index (κ2) is 14.0. The maximum atomic E-state index is 13.2. The lowest BCUT2D eigenvalue weighted by Gasteiger charge is -2.31. The van der Waals surface area contributed by atoms with Gasteiger partial charge in [-0.25, -0.2) is 4.39 Å². The number of carbonyl (C=O) groups is 2. The molecule has 0 aliphatic carbocycles. The molecule has 1 fully saturated rings. The van der Waals surface area contributed by atoms with E-state index >= 15 is 0 Å². The van der Waals surface area contributed by atoms with Gasteiger partial charge in [-0.1, -0.05) is 31.2 Å². The molecule has 0 bridgehead atoms. The molecule has 7 heteroatoms. The van der Waals surface area contributed by atoms with E-state index in [2.05, 4.69) is 17.0 Å². The number of piperidine rings is 1. The molecule has 35 heavy (non-hydrogen) atoms. The van der Waals surface area contributed by atoms with Crippen LogP contribution >= 0.6 is 24.8 Å². The van der Waals surface area contributed by atoms with Crippen LogP contribution in [0.3, 0.4) is 0 Å². The maximum Gasteiger partial charge on any atom is 0.222 e. The van der Waals surface area contributed by atoms with Crippen molar-refractivity contribution in [2.75, 3.05) is 19.6 Å². The van der Waals surface area contributed by atoms with E-state index in [0.29, 0.717) is 18.8 Å². The number of carbonyl (C=O) groups excluding carboxylic acids is 2. The lowest BCUT2D eigenvalue weighted by molar-refractivity contribution is -0.132. The van der Waals surface area contributed by atoms with Crippen molar-refractivity contribution in [1.29, 1.82) is 0 Å². The predicted molar refractivity (Wildman–Crippen MR) is 143 cm³/mol. The van der Waals surface area contributed by atoms with Crippen molar-refractivity contribution >= 4 is 36.5 Å². The highest BCUT2D eigenvalue weighted by molar-refractivity contribution is 5.96. The standard InChI is InChI=1S/C28H35FN2O2.2ClH/c1-2-28(33)31-16-13-21(14-17-31)7-12-27(32)24-9-8-23-4-3-15-30(20-25(23)18-24)19-22-5-10-26(29)11-6-22;;/h5-6,8-11,18,21H,2-4,7,12-17,19-20H2,1H3;2*1H. The summed E-state index contributed by atoms with van der Waals surface area (Å²) in [5.41, 5.74) is 4.50. The van der Waals surface area contributed by atoms with Gasteiger partial charge in [-0.3, -0.25) is 14.5 Å². The number of rotatable bonds is 7. The minimum Gasteiger partial charge on any atom is -0.343 e. The Morgan fingerprint density at radius 1 is 0.971 bits per heavy atom. The summed E-state index contributed by atoms with van der Waals surface area (Å²) in [6, 6.07) is 13.0. The molecule has 192 valence electrons. The molecule has 2 aromatic rings. The second-order valence-electron chi connectivity index (χ2n) is 9.56. The molecule has 0 N–H and O–H groups in total. The third-order valence-corrected chi connectivity index (χ3v) is 7.21. The molecule has 2 aromatic carbocycles. The number of aryl methyl sites for hydroxylation is 1. The third kappa shape index (κ3) is 8.03. The molecule has 1 saturated heterocycles. The van der Waals surface area contributed by atoms with Crippen LogP contribution in [0.15, 0.2) is 42.5 Å². The van der Waals surface area contributed by atoms with Crippen LogP contribution in [-0.2, 0) is 24.3 Å². The zero-order valence-corrected chi connectivity index (χ0v) is 22.1. The Morgan fingerprint density at radius 3 is 2.37 bits per heavy atom. The van der Waals surface area contributed by atoms with Crippen LogP contribution in [0.1, 0.15) is 72.5 Å². The number of hydrogen-bond acceptors (Lipinski definition) is 3. The lowest BCUT2D eigenvalue weighted by Crippen LogP contribution is -2.38. The van der Waals surface area contributed by atoms with Gasteiger partial charge in [0.25, 0.3) is 0 Å². The van der Waals surface area contributed by atoms with E-state index in [4.69, 9.17) is 0 Å². The van der Waals surface area contributed by atoms with Gasteiger partial charge in [-0.05, 0) is 79.5 Å². The van der Waals surface area contributed by atoms with Crippen LogP contribution in [0, 0.1) is 11.7 Å². The molecule has 0 atom stereocenters. The van der Waals surface area contributed by atoms with Crippen molar-refractivity contribution in [1.82, 2.24) is 9.80 Å². The number of fused-ring (bicyclic) bond motifs is 1. The van der Waals surface area contributed by atoms with E-state index in [1.54, 1.807) is 0 Å². The number of halogens is 3. The first kappa shape index (κ1) is 29.3. The first-order valence-electron chi connectivity index (χ1n) is 12.4. The van der Waals surface area contributed by atoms with Crippen molar-refractivity contribution in [2.24, 2.45) is 5.92 Å². The van der Waals surface area contributed by atoms with Gasteiger partial charge in [-0.2, -0.15) is 0 Å². The van der Waals surface area contributed by atoms with Gasteiger partial charge < -0.3 is 4.90 Å². The Bertz CT molecular complexity index is 975. The molecule has 0 unspecified atom stereocenters. The molecule has 4 nitrogen and oxygen atoms in total. The van der Waals surface area contributed by atoms with Gasteiger partial charge in [0.15, 0.2) is 5.78 Å². The zero-order chi connectivity index (χ0) is 23.2. The normalized spacial score (nSPS) is 16.5. The summed E-state index contributed by atoms with van der Waals surface area (Å²) in [5, 5.41) is 0. The smallest absolute Gasteiger partial charge is 0.222 e. The van der Waals surface area contributed by atoms with Crippen LogP contribution in [0.5, 0.6) is 0 Å². The molecule has 0 aromatic heterocycles. The maximum absolute atomic E-state index is 13.2. The fourth-order valence-corrected chi connectivity index (χ4v) is 5.16. The Labute approximate surface area is 221 Å². The van der Waals surface area contributed by atoms with Crippen molar-refractivity contribution in [2.45, 2.75) is 65.0 Å². The molecular formula is C28H37Cl2FN2O2. The summed E-state index contributed by atoms with van der Waals surface area (Å²) < 4.78 is 13.2. The van der Waals surface area contributed by atoms with E-state index in [1.165, 1.54) is 23.3 Å². The number of likely N-dealkylation sites (tertiary alicyclic amines) is 1. The Morgan fingerprint density at radius 2 is 1.69 bits per heavy atom. The topological polar surface area (TPSA) is 40.6 Å². The summed E-state index contributed by atoms with van der Waals surface area (Å²) in [4.78, 5) is 29.2. The molecule has 2 heterocycles.